The van der Waals surface area contributed by atoms with Gasteiger partial charge in [-0.25, -0.2) is 9.18 Å². The van der Waals surface area contributed by atoms with Crippen LogP contribution in [0, 0.1) is 17.7 Å². The van der Waals surface area contributed by atoms with Crippen molar-refractivity contribution in [1.29, 1.82) is 0 Å². The number of unbranched alkanes of at least 4 members (excludes halogenated alkanes) is 1. The molecule has 0 saturated carbocycles. The molecule has 1 saturated heterocycles. The second kappa shape index (κ2) is 8.32. The van der Waals surface area contributed by atoms with Crippen molar-refractivity contribution in [2.45, 2.75) is 58.6 Å². The van der Waals surface area contributed by atoms with Crippen molar-refractivity contribution < 1.29 is 18.7 Å². The summed E-state index contributed by atoms with van der Waals surface area (Å²) in [4.78, 5) is 25.8. The van der Waals surface area contributed by atoms with E-state index in [2.05, 4.69) is 13.8 Å². The lowest BCUT2D eigenvalue weighted by Crippen LogP contribution is -2.47. The first kappa shape index (κ1) is 19.2. The first-order chi connectivity index (χ1) is 11.9. The first-order valence-corrected chi connectivity index (χ1v) is 8.95. The standard InChI is InChI=1S/C19H27FN2O3/c1-4-6-8-13(5-2)16-17(12(3)18(21)23)25-19(24)22(16)15-10-7-9-14(20)11-15/h7,9-13,16-17H,4-6,8H2,1-3H3,(H2,21,23). The van der Waals surface area contributed by atoms with Gasteiger partial charge in [-0.15, -0.1) is 0 Å². The summed E-state index contributed by atoms with van der Waals surface area (Å²) in [6, 6.07) is 5.55. The molecule has 0 aliphatic carbocycles. The lowest BCUT2D eigenvalue weighted by molar-refractivity contribution is -0.124. The van der Waals surface area contributed by atoms with Crippen LogP contribution in [0.1, 0.15) is 46.5 Å². The zero-order valence-corrected chi connectivity index (χ0v) is 15.1. The van der Waals surface area contributed by atoms with Gasteiger partial charge in [-0.1, -0.05) is 39.2 Å². The number of ether oxygens (including phenoxy) is 1. The molecule has 0 radical (unpaired) electrons. The molecule has 2 N–H and O–H groups in total. The zero-order chi connectivity index (χ0) is 18.6. The number of nitrogens with zero attached hydrogens (tertiary/aromatic N) is 1. The maximum atomic E-state index is 13.7. The minimum Gasteiger partial charge on any atom is -0.443 e. The Balaban J connectivity index is 2.43. The molecule has 1 aliphatic heterocycles. The van der Waals surface area contributed by atoms with Crippen LogP contribution in [0.25, 0.3) is 0 Å². The molecule has 2 rings (SSSR count). The molecule has 4 unspecified atom stereocenters. The second-order valence-electron chi connectivity index (χ2n) is 6.69. The highest BCUT2D eigenvalue weighted by Crippen LogP contribution is 2.37. The third-order valence-electron chi connectivity index (χ3n) is 5.03. The van der Waals surface area contributed by atoms with E-state index >= 15 is 0 Å². The van der Waals surface area contributed by atoms with Crippen molar-refractivity contribution in [3.8, 4) is 0 Å². The van der Waals surface area contributed by atoms with Crippen molar-refractivity contribution in [2.24, 2.45) is 17.6 Å². The van der Waals surface area contributed by atoms with Crippen LogP contribution < -0.4 is 10.6 Å². The van der Waals surface area contributed by atoms with E-state index in [9.17, 15) is 14.0 Å². The number of anilines is 1. The number of primary amides is 1. The molecule has 0 bridgehead atoms. The van der Waals surface area contributed by atoms with Gasteiger partial charge in [-0.3, -0.25) is 9.69 Å². The summed E-state index contributed by atoms with van der Waals surface area (Å²) in [7, 11) is 0. The van der Waals surface area contributed by atoms with Gasteiger partial charge in [0.25, 0.3) is 0 Å². The van der Waals surface area contributed by atoms with Crippen molar-refractivity contribution in [3.05, 3.63) is 30.1 Å². The molecule has 138 valence electrons. The third-order valence-corrected chi connectivity index (χ3v) is 5.03. The molecule has 1 fully saturated rings. The van der Waals surface area contributed by atoms with Gasteiger partial charge in [0.2, 0.25) is 5.91 Å². The van der Waals surface area contributed by atoms with Gasteiger partial charge in [0.15, 0.2) is 0 Å². The van der Waals surface area contributed by atoms with Gasteiger partial charge in [0.1, 0.15) is 11.9 Å². The van der Waals surface area contributed by atoms with Gasteiger partial charge in [0, 0.05) is 0 Å². The topological polar surface area (TPSA) is 72.6 Å². The number of amides is 2. The number of carbonyl (C=O) groups is 2. The fourth-order valence-electron chi connectivity index (χ4n) is 3.54. The Kier molecular flexibility index (Phi) is 6.39. The van der Waals surface area contributed by atoms with E-state index in [1.165, 1.54) is 17.0 Å². The molecular weight excluding hydrogens is 323 g/mol. The maximum absolute atomic E-state index is 13.7. The fourth-order valence-corrected chi connectivity index (χ4v) is 3.54. The molecule has 5 nitrogen and oxygen atoms in total. The van der Waals surface area contributed by atoms with Crippen LogP contribution >= 0.6 is 0 Å². The number of rotatable bonds is 8. The first-order valence-electron chi connectivity index (χ1n) is 8.95. The number of hydrogen-bond donors (Lipinski definition) is 1. The second-order valence-corrected chi connectivity index (χ2v) is 6.69. The average molecular weight is 350 g/mol. The Labute approximate surface area is 148 Å². The van der Waals surface area contributed by atoms with E-state index in [0.29, 0.717) is 5.69 Å². The molecule has 1 aromatic rings. The molecule has 25 heavy (non-hydrogen) atoms. The molecular formula is C19H27FN2O3. The molecule has 0 spiro atoms. The summed E-state index contributed by atoms with van der Waals surface area (Å²) in [5.74, 6) is -1.39. The van der Waals surface area contributed by atoms with Crippen LogP contribution in [0.2, 0.25) is 0 Å². The van der Waals surface area contributed by atoms with E-state index < -0.39 is 29.8 Å². The van der Waals surface area contributed by atoms with Crippen LogP contribution in [0.15, 0.2) is 24.3 Å². The van der Waals surface area contributed by atoms with Crippen LogP contribution in [-0.4, -0.2) is 24.1 Å². The third kappa shape index (κ3) is 4.11. The normalized spacial score (nSPS) is 22.6. The van der Waals surface area contributed by atoms with Gasteiger partial charge >= 0.3 is 6.09 Å². The lowest BCUT2D eigenvalue weighted by atomic mass is 9.83. The van der Waals surface area contributed by atoms with E-state index in [-0.39, 0.29) is 12.0 Å². The summed E-state index contributed by atoms with van der Waals surface area (Å²) in [6.45, 7) is 5.84. The summed E-state index contributed by atoms with van der Waals surface area (Å²) in [5.41, 5.74) is 5.91. The Morgan fingerprint density at radius 1 is 1.40 bits per heavy atom. The highest BCUT2D eigenvalue weighted by molar-refractivity contribution is 5.91. The monoisotopic (exact) mass is 350 g/mol. The summed E-state index contributed by atoms with van der Waals surface area (Å²) in [5, 5.41) is 0. The van der Waals surface area contributed by atoms with Crippen molar-refractivity contribution in [3.63, 3.8) is 0 Å². The Hall–Kier alpha value is -2.11. The van der Waals surface area contributed by atoms with E-state index in [1.54, 1.807) is 19.1 Å². The van der Waals surface area contributed by atoms with Crippen LogP contribution in [0.3, 0.4) is 0 Å². The number of cyclic esters (lactones) is 1. The van der Waals surface area contributed by atoms with E-state index in [0.717, 1.165) is 25.7 Å². The number of carbonyl (C=O) groups excluding carboxylic acids is 2. The highest BCUT2D eigenvalue weighted by atomic mass is 19.1. The van der Waals surface area contributed by atoms with Crippen molar-refractivity contribution >= 4 is 17.7 Å². The molecule has 2 amide bonds. The summed E-state index contributed by atoms with van der Waals surface area (Å²) in [6.07, 6.45) is 2.60. The highest BCUT2D eigenvalue weighted by Gasteiger charge is 2.49. The molecule has 1 heterocycles. The number of halogens is 1. The van der Waals surface area contributed by atoms with Crippen molar-refractivity contribution in [1.82, 2.24) is 0 Å². The summed E-state index contributed by atoms with van der Waals surface area (Å²) < 4.78 is 19.2. The Morgan fingerprint density at radius 2 is 2.12 bits per heavy atom. The average Bonchev–Trinajstić information content (AvgIpc) is 2.92. The van der Waals surface area contributed by atoms with Crippen molar-refractivity contribution in [2.75, 3.05) is 4.90 Å². The molecule has 4 atom stereocenters. The molecule has 1 aliphatic rings. The smallest absolute Gasteiger partial charge is 0.415 e. The molecule has 0 aromatic heterocycles. The molecule has 1 aromatic carbocycles. The van der Waals surface area contributed by atoms with E-state index in [1.807, 2.05) is 0 Å². The number of nitrogens with two attached hydrogens (primary N) is 1. The summed E-state index contributed by atoms with van der Waals surface area (Å²) >= 11 is 0. The number of hydrogen-bond acceptors (Lipinski definition) is 3. The zero-order valence-electron chi connectivity index (χ0n) is 15.1. The Bertz CT molecular complexity index is 622. The van der Waals surface area contributed by atoms with Crippen LogP contribution in [0.5, 0.6) is 0 Å². The Morgan fingerprint density at radius 3 is 2.68 bits per heavy atom. The number of benzene rings is 1. The predicted molar refractivity (Wildman–Crippen MR) is 94.6 cm³/mol. The minimum atomic E-state index is -0.630. The SMILES string of the molecule is CCCCC(CC)C1C(C(C)C(N)=O)OC(=O)N1c1cccc(F)c1. The maximum Gasteiger partial charge on any atom is 0.415 e. The quantitative estimate of drug-likeness (QED) is 0.774. The van der Waals surface area contributed by atoms with Crippen LogP contribution in [0.4, 0.5) is 14.9 Å². The fraction of sp³-hybridized carbons (Fsp3) is 0.579. The van der Waals surface area contributed by atoms with Gasteiger partial charge in [0.05, 0.1) is 17.6 Å². The largest absolute Gasteiger partial charge is 0.443 e. The van der Waals surface area contributed by atoms with E-state index in [4.69, 9.17) is 10.5 Å². The predicted octanol–water partition coefficient (Wildman–Crippen LogP) is 3.86. The van der Waals surface area contributed by atoms with Gasteiger partial charge in [-0.2, -0.15) is 0 Å². The minimum absolute atomic E-state index is 0.140. The lowest BCUT2D eigenvalue weighted by Gasteiger charge is -2.33. The van der Waals surface area contributed by atoms with Gasteiger partial charge in [-0.05, 0) is 37.5 Å². The van der Waals surface area contributed by atoms with Gasteiger partial charge < -0.3 is 10.5 Å². The molecule has 6 heteroatoms. The van der Waals surface area contributed by atoms with Crippen LogP contribution in [-0.2, 0) is 9.53 Å².